The molecule has 3 aromatic rings. The molecule has 0 aliphatic carbocycles. The van der Waals surface area contributed by atoms with Gasteiger partial charge in [0.15, 0.2) is 5.65 Å². The number of carbonyl (C=O) groups excluding carboxylic acids is 1. The zero-order valence-corrected chi connectivity index (χ0v) is 14.3. The van der Waals surface area contributed by atoms with E-state index in [0.717, 1.165) is 23.5 Å². The first-order chi connectivity index (χ1) is 12.6. The number of aryl methyl sites for hydroxylation is 1. The molecule has 1 atom stereocenters. The van der Waals surface area contributed by atoms with Gasteiger partial charge in [0.25, 0.3) is 5.69 Å². The Morgan fingerprint density at radius 3 is 2.73 bits per heavy atom. The number of benzene rings is 1. The lowest BCUT2D eigenvalue weighted by Gasteiger charge is -2.12. The number of nitro groups is 1. The molecule has 2 heterocycles. The summed E-state index contributed by atoms with van der Waals surface area (Å²) in [6.07, 6.45) is 3.37. The molecule has 0 radical (unpaired) electrons. The summed E-state index contributed by atoms with van der Waals surface area (Å²) in [6, 6.07) is 11.8. The number of hydrogen-bond acceptors (Lipinski definition) is 5. The monoisotopic (exact) mass is 353 g/mol. The molecule has 0 fully saturated rings. The van der Waals surface area contributed by atoms with E-state index in [1.165, 1.54) is 12.1 Å². The van der Waals surface area contributed by atoms with Crippen LogP contribution >= 0.6 is 0 Å². The summed E-state index contributed by atoms with van der Waals surface area (Å²) < 4.78 is 1.93. The number of nitro benzene ring substituents is 1. The van der Waals surface area contributed by atoms with E-state index in [0.29, 0.717) is 13.0 Å². The maximum absolute atomic E-state index is 12.3. The highest BCUT2D eigenvalue weighted by Gasteiger charge is 2.16. The van der Waals surface area contributed by atoms with Gasteiger partial charge in [0.2, 0.25) is 5.91 Å². The molecule has 1 aromatic carbocycles. The van der Waals surface area contributed by atoms with Gasteiger partial charge in [-0.3, -0.25) is 19.3 Å². The average Bonchev–Trinajstić information content (AvgIpc) is 3.07. The van der Waals surface area contributed by atoms with Crippen molar-refractivity contribution >= 4 is 17.2 Å². The molecule has 1 unspecified atom stereocenters. The van der Waals surface area contributed by atoms with E-state index in [4.69, 9.17) is 0 Å². The SMILES string of the molecule is CC(C(=O)NCCCc1nnc2ccccn12)c1ccc([N+](=O)[O-])cc1. The second kappa shape index (κ2) is 7.73. The number of pyridine rings is 1. The Hall–Kier alpha value is -3.29. The van der Waals surface area contributed by atoms with Crippen molar-refractivity contribution in [3.8, 4) is 0 Å². The Bertz CT molecular complexity index is 920. The lowest BCUT2D eigenvalue weighted by Crippen LogP contribution is -2.29. The van der Waals surface area contributed by atoms with E-state index in [2.05, 4.69) is 15.5 Å². The predicted octanol–water partition coefficient (Wildman–Crippen LogP) is 2.49. The van der Waals surface area contributed by atoms with Gasteiger partial charge < -0.3 is 5.32 Å². The van der Waals surface area contributed by atoms with Crippen molar-refractivity contribution in [1.29, 1.82) is 0 Å². The summed E-state index contributed by atoms with van der Waals surface area (Å²) in [5.74, 6) is 0.382. The van der Waals surface area contributed by atoms with Gasteiger partial charge in [-0.05, 0) is 31.0 Å². The molecule has 0 saturated carbocycles. The highest BCUT2D eigenvalue weighted by atomic mass is 16.6. The molecule has 2 aromatic heterocycles. The molecular weight excluding hydrogens is 334 g/mol. The summed E-state index contributed by atoms with van der Waals surface area (Å²) in [6.45, 7) is 2.31. The van der Waals surface area contributed by atoms with Gasteiger partial charge in [-0.1, -0.05) is 18.2 Å². The largest absolute Gasteiger partial charge is 0.356 e. The molecule has 134 valence electrons. The van der Waals surface area contributed by atoms with Crippen molar-refractivity contribution in [1.82, 2.24) is 19.9 Å². The van der Waals surface area contributed by atoms with E-state index in [-0.39, 0.29) is 17.5 Å². The molecule has 0 bridgehead atoms. The molecule has 8 nitrogen and oxygen atoms in total. The maximum Gasteiger partial charge on any atom is 0.269 e. The minimum Gasteiger partial charge on any atom is -0.356 e. The molecule has 8 heteroatoms. The van der Waals surface area contributed by atoms with Crippen LogP contribution in [-0.2, 0) is 11.2 Å². The number of amides is 1. The molecule has 26 heavy (non-hydrogen) atoms. The minimum atomic E-state index is -0.456. The summed E-state index contributed by atoms with van der Waals surface area (Å²) >= 11 is 0. The fourth-order valence-corrected chi connectivity index (χ4v) is 2.71. The van der Waals surface area contributed by atoms with Crippen LogP contribution in [-0.4, -0.2) is 32.0 Å². The predicted molar refractivity (Wildman–Crippen MR) is 95.8 cm³/mol. The Labute approximate surface area is 150 Å². The molecular formula is C18H19N5O3. The molecule has 1 N–H and O–H groups in total. The standard InChI is InChI=1S/C18H19N5O3/c1-13(14-7-9-15(10-8-14)23(25)26)18(24)19-11-4-6-17-21-20-16-5-2-3-12-22(16)17/h2-3,5,7-10,12-13H,4,6,11H2,1H3,(H,19,24). The zero-order valence-electron chi connectivity index (χ0n) is 14.3. The number of hydrogen-bond donors (Lipinski definition) is 1. The van der Waals surface area contributed by atoms with Crippen LogP contribution in [0.4, 0.5) is 5.69 Å². The first-order valence-corrected chi connectivity index (χ1v) is 8.37. The maximum atomic E-state index is 12.3. The highest BCUT2D eigenvalue weighted by molar-refractivity contribution is 5.83. The van der Waals surface area contributed by atoms with Crippen molar-refractivity contribution in [2.45, 2.75) is 25.7 Å². The minimum absolute atomic E-state index is 0.0156. The second-order valence-electron chi connectivity index (χ2n) is 6.01. The van der Waals surface area contributed by atoms with Crippen LogP contribution < -0.4 is 5.32 Å². The number of nitrogens with one attached hydrogen (secondary N) is 1. The van der Waals surface area contributed by atoms with Crippen LogP contribution in [0, 0.1) is 10.1 Å². The average molecular weight is 353 g/mol. The molecule has 0 aliphatic heterocycles. The van der Waals surface area contributed by atoms with Gasteiger partial charge in [-0.15, -0.1) is 10.2 Å². The lowest BCUT2D eigenvalue weighted by atomic mass is 10.00. The Balaban J connectivity index is 1.49. The molecule has 3 rings (SSSR count). The third-order valence-corrected chi connectivity index (χ3v) is 4.26. The van der Waals surface area contributed by atoms with Gasteiger partial charge >= 0.3 is 0 Å². The van der Waals surface area contributed by atoms with Gasteiger partial charge in [0.1, 0.15) is 5.82 Å². The Morgan fingerprint density at radius 2 is 2.00 bits per heavy atom. The van der Waals surface area contributed by atoms with E-state index in [1.54, 1.807) is 19.1 Å². The number of aromatic nitrogens is 3. The third-order valence-electron chi connectivity index (χ3n) is 4.26. The smallest absolute Gasteiger partial charge is 0.269 e. The van der Waals surface area contributed by atoms with E-state index < -0.39 is 4.92 Å². The van der Waals surface area contributed by atoms with Crippen LogP contribution in [0.3, 0.4) is 0 Å². The van der Waals surface area contributed by atoms with Crippen LogP contribution in [0.2, 0.25) is 0 Å². The second-order valence-corrected chi connectivity index (χ2v) is 6.01. The van der Waals surface area contributed by atoms with Crippen LogP contribution in [0.5, 0.6) is 0 Å². The van der Waals surface area contributed by atoms with Crippen LogP contribution in [0.15, 0.2) is 48.7 Å². The first kappa shape index (κ1) is 17.5. The number of fused-ring (bicyclic) bond motifs is 1. The van der Waals surface area contributed by atoms with Gasteiger partial charge in [-0.2, -0.15) is 0 Å². The fraction of sp³-hybridized carbons (Fsp3) is 0.278. The van der Waals surface area contributed by atoms with Crippen molar-refractivity contribution in [2.75, 3.05) is 6.54 Å². The van der Waals surface area contributed by atoms with Gasteiger partial charge in [0.05, 0.1) is 10.8 Å². The Kier molecular flexibility index (Phi) is 5.21. The van der Waals surface area contributed by atoms with Crippen molar-refractivity contribution in [2.24, 2.45) is 0 Å². The molecule has 1 amide bonds. The quantitative estimate of drug-likeness (QED) is 0.399. The molecule has 0 aliphatic rings. The van der Waals surface area contributed by atoms with E-state index in [9.17, 15) is 14.9 Å². The number of non-ortho nitro benzene ring substituents is 1. The van der Waals surface area contributed by atoms with E-state index in [1.807, 2.05) is 28.8 Å². The van der Waals surface area contributed by atoms with Gasteiger partial charge in [0, 0.05) is 31.3 Å². The van der Waals surface area contributed by atoms with Crippen LogP contribution in [0.25, 0.3) is 5.65 Å². The molecule has 0 spiro atoms. The molecule has 0 saturated heterocycles. The Morgan fingerprint density at radius 1 is 1.23 bits per heavy atom. The summed E-state index contributed by atoms with van der Waals surface area (Å²) in [4.78, 5) is 22.5. The first-order valence-electron chi connectivity index (χ1n) is 8.37. The van der Waals surface area contributed by atoms with Crippen molar-refractivity contribution in [3.05, 3.63) is 70.2 Å². The highest BCUT2D eigenvalue weighted by Crippen LogP contribution is 2.19. The van der Waals surface area contributed by atoms with Crippen LogP contribution in [0.1, 0.15) is 30.7 Å². The zero-order chi connectivity index (χ0) is 18.5. The third kappa shape index (κ3) is 3.85. The number of rotatable bonds is 7. The summed E-state index contributed by atoms with van der Waals surface area (Å²) in [5.41, 5.74) is 1.57. The van der Waals surface area contributed by atoms with Crippen molar-refractivity contribution < 1.29 is 9.72 Å². The van der Waals surface area contributed by atoms with Crippen molar-refractivity contribution in [3.63, 3.8) is 0 Å². The van der Waals surface area contributed by atoms with E-state index >= 15 is 0 Å². The number of nitrogens with zero attached hydrogens (tertiary/aromatic N) is 4. The number of carbonyl (C=O) groups is 1. The lowest BCUT2D eigenvalue weighted by molar-refractivity contribution is -0.384. The van der Waals surface area contributed by atoms with Gasteiger partial charge in [-0.25, -0.2) is 0 Å². The normalized spacial score (nSPS) is 12.0. The summed E-state index contributed by atoms with van der Waals surface area (Å²) in [5, 5.41) is 21.8. The fourth-order valence-electron chi connectivity index (χ4n) is 2.71. The topological polar surface area (TPSA) is 102 Å². The summed E-state index contributed by atoms with van der Waals surface area (Å²) in [7, 11) is 0.